The molecule has 1 aliphatic heterocycles. The third-order valence-corrected chi connectivity index (χ3v) is 3.51. The topological polar surface area (TPSA) is 73.3 Å². The number of halogens is 3. The molecule has 0 bridgehead atoms. The number of nitrogens with two attached hydrogens (primary N) is 1. The molecule has 110 valence electrons. The fourth-order valence-corrected chi connectivity index (χ4v) is 2.52. The van der Waals surface area contributed by atoms with E-state index in [1.165, 1.54) is 6.07 Å². The fraction of sp³-hybridized carbons (Fsp3) is 0.462. The number of rotatable bonds is 3. The second-order valence-electron chi connectivity index (χ2n) is 4.82. The van der Waals surface area contributed by atoms with Crippen molar-refractivity contribution in [1.82, 2.24) is 0 Å². The van der Waals surface area contributed by atoms with E-state index >= 15 is 0 Å². The molecule has 0 spiro atoms. The monoisotopic (exact) mass is 287 g/mol. The number of aliphatic hydroxyl groups is 1. The van der Waals surface area contributed by atoms with Crippen LogP contribution in [0.15, 0.2) is 18.2 Å². The summed E-state index contributed by atoms with van der Waals surface area (Å²) in [5.41, 5.74) is 5.11. The Morgan fingerprint density at radius 3 is 2.70 bits per heavy atom. The number of alkyl halides is 3. The Bertz CT molecular complexity index is 516. The second-order valence-corrected chi connectivity index (χ2v) is 4.82. The van der Waals surface area contributed by atoms with Gasteiger partial charge in [-0.05, 0) is 31.0 Å². The van der Waals surface area contributed by atoms with Crippen LogP contribution in [-0.2, 0) is 6.18 Å². The summed E-state index contributed by atoms with van der Waals surface area (Å²) in [6, 6.07) is 3.07. The van der Waals surface area contributed by atoms with E-state index in [-0.39, 0.29) is 18.2 Å². The number of nitrogen functional groups attached to an aromatic ring is 1. The lowest BCUT2D eigenvalue weighted by molar-refractivity contribution is -0.137. The second kappa shape index (κ2) is 5.32. The number of hydrogen-bond acceptors (Lipinski definition) is 3. The molecule has 4 nitrogen and oxygen atoms in total. The van der Waals surface area contributed by atoms with Gasteiger partial charge in [-0.3, -0.25) is 5.41 Å². The van der Waals surface area contributed by atoms with E-state index in [9.17, 15) is 18.3 Å². The molecule has 2 rings (SSSR count). The Hall–Kier alpha value is -1.76. The maximum atomic E-state index is 12.7. The summed E-state index contributed by atoms with van der Waals surface area (Å²) < 4.78 is 38.2. The molecular formula is C13H16F3N3O. The van der Waals surface area contributed by atoms with Crippen LogP contribution in [-0.4, -0.2) is 30.1 Å². The van der Waals surface area contributed by atoms with Gasteiger partial charge < -0.3 is 15.7 Å². The SMILES string of the molecule is N=C(N)c1cc(C(F)(F)F)ccc1N1CCCC1CO. The van der Waals surface area contributed by atoms with Gasteiger partial charge in [0, 0.05) is 17.8 Å². The summed E-state index contributed by atoms with van der Waals surface area (Å²) in [5, 5.41) is 16.8. The molecule has 0 aromatic heterocycles. The molecule has 0 amide bonds. The van der Waals surface area contributed by atoms with E-state index in [1.807, 2.05) is 4.90 Å². The molecule has 0 radical (unpaired) electrons. The van der Waals surface area contributed by atoms with Crippen molar-refractivity contribution in [3.63, 3.8) is 0 Å². The van der Waals surface area contributed by atoms with Crippen LogP contribution in [0.3, 0.4) is 0 Å². The maximum Gasteiger partial charge on any atom is 0.416 e. The largest absolute Gasteiger partial charge is 0.416 e. The zero-order valence-corrected chi connectivity index (χ0v) is 10.7. The van der Waals surface area contributed by atoms with Crippen molar-refractivity contribution in [3.8, 4) is 0 Å². The molecule has 7 heteroatoms. The number of nitrogens with one attached hydrogen (secondary N) is 1. The van der Waals surface area contributed by atoms with Crippen LogP contribution in [0.25, 0.3) is 0 Å². The van der Waals surface area contributed by atoms with Crippen molar-refractivity contribution in [3.05, 3.63) is 29.3 Å². The Morgan fingerprint density at radius 1 is 1.45 bits per heavy atom. The quantitative estimate of drug-likeness (QED) is 0.587. The van der Waals surface area contributed by atoms with Crippen molar-refractivity contribution in [2.24, 2.45) is 5.73 Å². The minimum atomic E-state index is -4.47. The standard InChI is InChI=1S/C13H16F3N3O/c14-13(15,16)8-3-4-11(10(6-8)12(17)18)19-5-1-2-9(19)7-20/h3-4,6,9,20H,1-2,5,7H2,(H3,17,18). The highest BCUT2D eigenvalue weighted by atomic mass is 19.4. The molecule has 4 N–H and O–H groups in total. The van der Waals surface area contributed by atoms with Crippen molar-refractivity contribution in [2.75, 3.05) is 18.1 Å². The van der Waals surface area contributed by atoms with Crippen molar-refractivity contribution in [2.45, 2.75) is 25.1 Å². The zero-order chi connectivity index (χ0) is 14.9. The Balaban J connectivity index is 2.46. The number of hydrogen-bond donors (Lipinski definition) is 3. The van der Waals surface area contributed by atoms with Crippen LogP contribution in [0.5, 0.6) is 0 Å². The number of nitrogens with zero attached hydrogens (tertiary/aromatic N) is 1. The van der Waals surface area contributed by atoms with Gasteiger partial charge in [-0.2, -0.15) is 13.2 Å². The van der Waals surface area contributed by atoms with Gasteiger partial charge in [-0.25, -0.2) is 0 Å². The van der Waals surface area contributed by atoms with Crippen molar-refractivity contribution >= 4 is 11.5 Å². The number of amidine groups is 1. The summed E-state index contributed by atoms with van der Waals surface area (Å²) in [6.45, 7) is 0.565. The summed E-state index contributed by atoms with van der Waals surface area (Å²) in [4.78, 5) is 1.82. The molecule has 1 unspecified atom stereocenters. The lowest BCUT2D eigenvalue weighted by Gasteiger charge is -2.28. The van der Waals surface area contributed by atoms with Gasteiger partial charge in [0.05, 0.1) is 18.2 Å². The molecule has 1 aliphatic rings. The summed E-state index contributed by atoms with van der Waals surface area (Å²) in [6.07, 6.45) is -2.84. The average molecular weight is 287 g/mol. The third kappa shape index (κ3) is 2.72. The third-order valence-electron chi connectivity index (χ3n) is 3.51. The lowest BCUT2D eigenvalue weighted by Crippen LogP contribution is -2.34. The highest BCUT2D eigenvalue weighted by Gasteiger charge is 2.33. The average Bonchev–Trinajstić information content (AvgIpc) is 2.84. The van der Waals surface area contributed by atoms with Gasteiger partial charge in [-0.1, -0.05) is 0 Å². The molecule has 0 saturated carbocycles. The van der Waals surface area contributed by atoms with Crippen LogP contribution in [0.1, 0.15) is 24.0 Å². The number of benzene rings is 1. The summed E-state index contributed by atoms with van der Waals surface area (Å²) in [7, 11) is 0. The Labute approximate surface area is 114 Å². The normalized spacial score (nSPS) is 19.4. The molecule has 1 atom stereocenters. The van der Waals surface area contributed by atoms with Crippen LogP contribution >= 0.6 is 0 Å². The molecular weight excluding hydrogens is 271 g/mol. The summed E-state index contributed by atoms with van der Waals surface area (Å²) in [5.74, 6) is -0.408. The van der Waals surface area contributed by atoms with E-state index in [4.69, 9.17) is 11.1 Å². The first kappa shape index (κ1) is 14.6. The van der Waals surface area contributed by atoms with Gasteiger partial charge in [0.25, 0.3) is 0 Å². The lowest BCUT2D eigenvalue weighted by atomic mass is 10.1. The zero-order valence-electron chi connectivity index (χ0n) is 10.7. The van der Waals surface area contributed by atoms with Crippen LogP contribution in [0, 0.1) is 5.41 Å². The maximum absolute atomic E-state index is 12.7. The van der Waals surface area contributed by atoms with Gasteiger partial charge in [-0.15, -0.1) is 0 Å². The molecule has 1 aromatic carbocycles. The van der Waals surface area contributed by atoms with E-state index in [0.29, 0.717) is 12.2 Å². The first-order valence-electron chi connectivity index (χ1n) is 6.27. The summed E-state index contributed by atoms with van der Waals surface area (Å²) >= 11 is 0. The van der Waals surface area contributed by atoms with E-state index in [1.54, 1.807) is 0 Å². The molecule has 1 fully saturated rings. The Morgan fingerprint density at radius 2 is 2.15 bits per heavy atom. The van der Waals surface area contributed by atoms with Gasteiger partial charge in [0.2, 0.25) is 0 Å². The molecule has 1 saturated heterocycles. The number of anilines is 1. The Kier molecular flexibility index (Phi) is 3.89. The molecule has 1 heterocycles. The first-order valence-corrected chi connectivity index (χ1v) is 6.27. The predicted molar refractivity (Wildman–Crippen MR) is 69.9 cm³/mol. The highest BCUT2D eigenvalue weighted by Crippen LogP contribution is 2.34. The van der Waals surface area contributed by atoms with Crippen molar-refractivity contribution in [1.29, 1.82) is 5.41 Å². The molecule has 20 heavy (non-hydrogen) atoms. The van der Waals surface area contributed by atoms with Crippen molar-refractivity contribution < 1.29 is 18.3 Å². The molecule has 1 aromatic rings. The highest BCUT2D eigenvalue weighted by molar-refractivity contribution is 6.00. The van der Waals surface area contributed by atoms with E-state index in [0.717, 1.165) is 25.0 Å². The van der Waals surface area contributed by atoms with Crippen LogP contribution < -0.4 is 10.6 Å². The fourth-order valence-electron chi connectivity index (χ4n) is 2.52. The minimum Gasteiger partial charge on any atom is -0.394 e. The minimum absolute atomic E-state index is 0.0557. The van der Waals surface area contributed by atoms with Crippen LogP contribution in [0.2, 0.25) is 0 Å². The number of aliphatic hydroxyl groups excluding tert-OH is 1. The van der Waals surface area contributed by atoms with E-state index < -0.39 is 17.6 Å². The first-order chi connectivity index (χ1) is 9.34. The van der Waals surface area contributed by atoms with Crippen LogP contribution in [0.4, 0.5) is 18.9 Å². The smallest absolute Gasteiger partial charge is 0.394 e. The van der Waals surface area contributed by atoms with E-state index in [2.05, 4.69) is 0 Å². The van der Waals surface area contributed by atoms with Gasteiger partial charge >= 0.3 is 6.18 Å². The predicted octanol–water partition coefficient (Wildman–Crippen LogP) is 1.95. The van der Waals surface area contributed by atoms with Gasteiger partial charge in [0.1, 0.15) is 5.84 Å². The van der Waals surface area contributed by atoms with Gasteiger partial charge in [0.15, 0.2) is 0 Å². The molecule has 0 aliphatic carbocycles.